The molecule has 2 amide bonds. The highest BCUT2D eigenvalue weighted by Gasteiger charge is 2.64. The number of esters is 2. The van der Waals surface area contributed by atoms with Crippen LogP contribution in [0.25, 0.3) is 0 Å². The number of hydrogen-bond acceptors (Lipinski definition) is 14. The van der Waals surface area contributed by atoms with E-state index in [1.165, 1.54) is 20.8 Å². The Balaban J connectivity index is 1.48. The van der Waals surface area contributed by atoms with Gasteiger partial charge in [0.2, 0.25) is 5.91 Å². The first kappa shape index (κ1) is 29.1. The van der Waals surface area contributed by atoms with Crippen LogP contribution in [0, 0.1) is 0 Å². The van der Waals surface area contributed by atoms with Crippen LogP contribution in [0.1, 0.15) is 48.5 Å². The Kier molecular flexibility index (Phi) is 7.61. The second-order valence-electron chi connectivity index (χ2n) is 11.2. The van der Waals surface area contributed by atoms with Crippen molar-refractivity contribution < 1.29 is 66.5 Å². The Morgan fingerprint density at radius 3 is 2.23 bits per heavy atom. The van der Waals surface area contributed by atoms with Crippen molar-refractivity contribution in [1.82, 2.24) is 4.90 Å². The molecule has 0 bridgehead atoms. The Morgan fingerprint density at radius 2 is 1.62 bits per heavy atom. The van der Waals surface area contributed by atoms with Crippen molar-refractivity contribution in [3.63, 3.8) is 0 Å². The summed E-state index contributed by atoms with van der Waals surface area (Å²) in [6.07, 6.45) is -9.53. The molecule has 0 aromatic rings. The molecule has 5 saturated heterocycles. The van der Waals surface area contributed by atoms with E-state index in [1.807, 2.05) is 0 Å². The quantitative estimate of drug-likeness (QED) is 0.316. The standard InChI is InChI=1S/C25H35NO14/c1-10(27)26-15-18(37-23(26)30)16(33-12(3)29)13(8-31-11(2)28)34-21(15)36-19-17(14-9-32-24(4,5)38-14)35-22-20(19)39-25(6,7)40-22/h13-22H,8-9H2,1-7H3/t13-,14-,15-,16-,17-,18-,19+,20-,21+,22-/m1/s1. The summed E-state index contributed by atoms with van der Waals surface area (Å²) in [5, 5.41) is 0. The number of fused-ring (bicyclic) bond motifs is 2. The van der Waals surface area contributed by atoms with Crippen molar-refractivity contribution in [2.45, 2.75) is 121 Å². The van der Waals surface area contributed by atoms with Crippen LogP contribution in [-0.4, -0.2) is 115 Å². The molecule has 0 N–H and O–H groups in total. The van der Waals surface area contributed by atoms with Crippen molar-refractivity contribution >= 4 is 23.9 Å². The normalized spacial score (nSPS) is 41.3. The van der Waals surface area contributed by atoms with E-state index in [1.54, 1.807) is 27.7 Å². The summed E-state index contributed by atoms with van der Waals surface area (Å²) in [7, 11) is 0. The number of carbonyl (C=O) groups excluding carboxylic acids is 4. The third-order valence-electron chi connectivity index (χ3n) is 7.15. The van der Waals surface area contributed by atoms with Gasteiger partial charge in [-0.3, -0.25) is 14.4 Å². The van der Waals surface area contributed by atoms with E-state index in [0.29, 0.717) is 0 Å². The fourth-order valence-corrected chi connectivity index (χ4v) is 5.70. The fraction of sp³-hybridized carbons (Fsp3) is 0.840. The predicted molar refractivity (Wildman–Crippen MR) is 126 cm³/mol. The third-order valence-corrected chi connectivity index (χ3v) is 7.15. The molecule has 0 aromatic heterocycles. The number of nitrogens with zero attached hydrogens (tertiary/aromatic N) is 1. The summed E-state index contributed by atoms with van der Waals surface area (Å²) in [5.41, 5.74) is 0. The summed E-state index contributed by atoms with van der Waals surface area (Å²) in [6, 6.07) is -1.16. The molecule has 0 spiro atoms. The van der Waals surface area contributed by atoms with Crippen LogP contribution < -0.4 is 0 Å². The summed E-state index contributed by atoms with van der Waals surface area (Å²) < 4.78 is 58.8. The average Bonchev–Trinajstić information content (AvgIpc) is 3.53. The maximum absolute atomic E-state index is 12.8. The largest absolute Gasteiger partial charge is 0.463 e. The van der Waals surface area contributed by atoms with Gasteiger partial charge in [0.1, 0.15) is 43.2 Å². The van der Waals surface area contributed by atoms with Gasteiger partial charge < -0.3 is 47.4 Å². The molecule has 0 aromatic carbocycles. The van der Waals surface area contributed by atoms with Crippen LogP contribution in [0.4, 0.5) is 4.79 Å². The Hall–Kier alpha value is -2.40. The molecule has 15 heteroatoms. The summed E-state index contributed by atoms with van der Waals surface area (Å²) >= 11 is 0. The summed E-state index contributed by atoms with van der Waals surface area (Å²) in [4.78, 5) is 49.8. The van der Waals surface area contributed by atoms with Crippen LogP contribution in [-0.2, 0) is 61.8 Å². The molecule has 0 aliphatic carbocycles. The van der Waals surface area contributed by atoms with Crippen LogP contribution in [0.3, 0.4) is 0 Å². The van der Waals surface area contributed by atoms with Crippen molar-refractivity contribution in [2.75, 3.05) is 13.2 Å². The van der Waals surface area contributed by atoms with Crippen LogP contribution >= 0.6 is 0 Å². The smallest absolute Gasteiger partial charge is 0.417 e. The molecule has 5 aliphatic heterocycles. The number of ether oxygens (including phenoxy) is 10. The van der Waals surface area contributed by atoms with Crippen molar-refractivity contribution in [3.8, 4) is 0 Å². The van der Waals surface area contributed by atoms with E-state index in [-0.39, 0.29) is 13.2 Å². The molecule has 0 radical (unpaired) electrons. The Labute approximate surface area is 230 Å². The SMILES string of the molecule is CC(=O)OC[C@H]1O[C@@H](O[C@@H]2[C@H]3OC(C)(C)O[C@H]3O[C@@H]2[C@H]2COC(C)(C)O2)[C@H]2[C@@H](OC(=O)N2C(C)=O)[C@@H]1OC(C)=O. The molecule has 40 heavy (non-hydrogen) atoms. The lowest BCUT2D eigenvalue weighted by Gasteiger charge is -2.43. The van der Waals surface area contributed by atoms with Gasteiger partial charge in [-0.15, -0.1) is 0 Å². The lowest BCUT2D eigenvalue weighted by atomic mass is 9.96. The number of imide groups is 1. The molecule has 5 rings (SSSR count). The first-order chi connectivity index (χ1) is 18.7. The van der Waals surface area contributed by atoms with Gasteiger partial charge in [-0.05, 0) is 27.7 Å². The van der Waals surface area contributed by atoms with Gasteiger partial charge in [0.15, 0.2) is 36.4 Å². The van der Waals surface area contributed by atoms with E-state index in [2.05, 4.69) is 0 Å². The van der Waals surface area contributed by atoms with Gasteiger partial charge in [-0.1, -0.05) is 0 Å². The third kappa shape index (κ3) is 5.55. The van der Waals surface area contributed by atoms with Gasteiger partial charge >= 0.3 is 18.0 Å². The number of amides is 2. The van der Waals surface area contributed by atoms with E-state index in [9.17, 15) is 19.2 Å². The zero-order valence-corrected chi connectivity index (χ0v) is 23.4. The number of hydrogen-bond donors (Lipinski definition) is 0. The molecule has 5 fully saturated rings. The van der Waals surface area contributed by atoms with Gasteiger partial charge in [0.05, 0.1) is 6.61 Å². The van der Waals surface area contributed by atoms with Gasteiger partial charge in [0.25, 0.3) is 0 Å². The maximum atomic E-state index is 12.8. The number of rotatable bonds is 6. The van der Waals surface area contributed by atoms with E-state index < -0.39 is 96.9 Å². The monoisotopic (exact) mass is 573 g/mol. The Morgan fingerprint density at radius 1 is 0.900 bits per heavy atom. The average molecular weight is 574 g/mol. The van der Waals surface area contributed by atoms with Crippen LogP contribution in [0.2, 0.25) is 0 Å². The molecule has 15 nitrogen and oxygen atoms in total. The minimum absolute atomic E-state index is 0.197. The van der Waals surface area contributed by atoms with Crippen molar-refractivity contribution in [3.05, 3.63) is 0 Å². The maximum Gasteiger partial charge on any atom is 0.417 e. The fourth-order valence-electron chi connectivity index (χ4n) is 5.70. The molecule has 224 valence electrons. The lowest BCUT2D eigenvalue weighted by Crippen LogP contribution is -2.64. The zero-order chi connectivity index (χ0) is 29.1. The Bertz CT molecular complexity index is 1050. The van der Waals surface area contributed by atoms with Crippen molar-refractivity contribution in [2.24, 2.45) is 0 Å². The second kappa shape index (κ2) is 10.5. The minimum Gasteiger partial charge on any atom is -0.463 e. The van der Waals surface area contributed by atoms with Gasteiger partial charge in [-0.25, -0.2) is 9.69 Å². The molecule has 0 unspecified atom stereocenters. The highest BCUT2D eigenvalue weighted by Crippen LogP contribution is 2.44. The van der Waals surface area contributed by atoms with E-state index in [4.69, 9.17) is 47.4 Å². The second-order valence-corrected chi connectivity index (χ2v) is 11.2. The van der Waals surface area contributed by atoms with Crippen LogP contribution in [0.15, 0.2) is 0 Å². The highest BCUT2D eigenvalue weighted by molar-refractivity contribution is 5.92. The van der Waals surface area contributed by atoms with Gasteiger partial charge in [0, 0.05) is 20.8 Å². The highest BCUT2D eigenvalue weighted by atomic mass is 16.9. The van der Waals surface area contributed by atoms with E-state index >= 15 is 0 Å². The van der Waals surface area contributed by atoms with E-state index in [0.717, 1.165) is 4.90 Å². The topological polar surface area (TPSA) is 164 Å². The lowest BCUT2D eigenvalue weighted by molar-refractivity contribution is -0.301. The molecule has 5 aliphatic rings. The molecule has 10 atom stereocenters. The molecule has 5 heterocycles. The van der Waals surface area contributed by atoms with Gasteiger partial charge in [-0.2, -0.15) is 0 Å². The predicted octanol–water partition coefficient (Wildman–Crippen LogP) is 0.355. The summed E-state index contributed by atoms with van der Waals surface area (Å²) in [5.74, 6) is -3.79. The number of carbonyl (C=O) groups is 4. The van der Waals surface area contributed by atoms with Crippen LogP contribution in [0.5, 0.6) is 0 Å². The minimum atomic E-state index is -1.33. The molecular weight excluding hydrogens is 538 g/mol. The van der Waals surface area contributed by atoms with Crippen molar-refractivity contribution in [1.29, 1.82) is 0 Å². The molecule has 0 saturated carbocycles. The first-order valence-electron chi connectivity index (χ1n) is 13.1. The molecular formula is C25H35NO14. The summed E-state index contributed by atoms with van der Waals surface area (Å²) in [6.45, 7) is 10.4. The first-order valence-corrected chi connectivity index (χ1v) is 13.1. The zero-order valence-electron chi connectivity index (χ0n) is 23.4.